The number of hydrogen-bond donors (Lipinski definition) is 0. The van der Waals surface area contributed by atoms with E-state index in [4.69, 9.17) is 0 Å². The molecule has 0 aliphatic carbocycles. The zero-order chi connectivity index (χ0) is 13.4. The Bertz CT molecular complexity index is 656. The Kier molecular flexibility index (Phi) is 3.62. The van der Waals surface area contributed by atoms with Crippen molar-refractivity contribution in [1.29, 1.82) is 0 Å². The average Bonchev–Trinajstić information content (AvgIpc) is 2.43. The predicted octanol–water partition coefficient (Wildman–Crippen LogP) is 4.26. The number of nitrogens with zero attached hydrogens (tertiary/aromatic N) is 1. The van der Waals surface area contributed by atoms with Crippen LogP contribution < -0.4 is 4.90 Å². The molecule has 1 heterocycles. The van der Waals surface area contributed by atoms with Gasteiger partial charge in [0.15, 0.2) is 0 Å². The number of rotatable bonds is 1. The van der Waals surface area contributed by atoms with Gasteiger partial charge in [0, 0.05) is 20.2 Å². The Morgan fingerprint density at radius 3 is 2.79 bits per heavy atom. The van der Waals surface area contributed by atoms with Gasteiger partial charge in [-0.2, -0.15) is 0 Å². The van der Waals surface area contributed by atoms with Crippen molar-refractivity contribution in [2.24, 2.45) is 0 Å². The summed E-state index contributed by atoms with van der Waals surface area (Å²) in [6, 6.07) is 13.9. The molecule has 1 aliphatic heterocycles. The van der Waals surface area contributed by atoms with Crippen molar-refractivity contribution in [3.05, 3.63) is 61.6 Å². The summed E-state index contributed by atoms with van der Waals surface area (Å²) in [4.78, 5) is 14.4. The second kappa shape index (κ2) is 5.25. The summed E-state index contributed by atoms with van der Waals surface area (Å²) in [7, 11) is 0. The third-order valence-electron chi connectivity index (χ3n) is 3.30. The number of carbonyl (C=O) groups is 1. The smallest absolute Gasteiger partial charge is 0.258 e. The van der Waals surface area contributed by atoms with Crippen molar-refractivity contribution in [2.45, 2.75) is 6.42 Å². The number of fused-ring (bicyclic) bond motifs is 1. The number of halogens is 2. The molecule has 0 N–H and O–H groups in total. The second-order valence-electron chi connectivity index (χ2n) is 4.46. The Balaban J connectivity index is 2.05. The molecule has 0 saturated carbocycles. The van der Waals surface area contributed by atoms with Crippen LogP contribution in [-0.2, 0) is 6.42 Å². The third kappa shape index (κ3) is 2.43. The van der Waals surface area contributed by atoms with E-state index in [1.165, 1.54) is 0 Å². The van der Waals surface area contributed by atoms with Crippen molar-refractivity contribution in [2.75, 3.05) is 11.4 Å². The van der Waals surface area contributed by atoms with Crippen LogP contribution >= 0.6 is 38.5 Å². The van der Waals surface area contributed by atoms with Gasteiger partial charge in [0.1, 0.15) is 0 Å². The molecule has 1 amide bonds. The van der Waals surface area contributed by atoms with Crippen molar-refractivity contribution >= 4 is 50.1 Å². The van der Waals surface area contributed by atoms with Gasteiger partial charge in [-0.3, -0.25) is 4.79 Å². The molecule has 2 aromatic rings. The molecule has 96 valence electrons. The van der Waals surface area contributed by atoms with Crippen LogP contribution in [0.25, 0.3) is 0 Å². The molecule has 0 bridgehead atoms. The zero-order valence-corrected chi connectivity index (χ0v) is 13.8. The van der Waals surface area contributed by atoms with E-state index >= 15 is 0 Å². The van der Waals surface area contributed by atoms with Crippen molar-refractivity contribution < 1.29 is 4.79 Å². The van der Waals surface area contributed by atoms with Gasteiger partial charge in [0.2, 0.25) is 0 Å². The lowest BCUT2D eigenvalue weighted by atomic mass is 9.99. The lowest BCUT2D eigenvalue weighted by molar-refractivity contribution is 0.0980. The maximum atomic E-state index is 12.6. The molecule has 0 unspecified atom stereocenters. The summed E-state index contributed by atoms with van der Waals surface area (Å²) in [5.74, 6) is 0.0875. The van der Waals surface area contributed by atoms with E-state index in [1.54, 1.807) is 0 Å². The van der Waals surface area contributed by atoms with Crippen molar-refractivity contribution in [3.63, 3.8) is 0 Å². The monoisotopic (exact) mass is 427 g/mol. The quantitative estimate of drug-likeness (QED) is 0.623. The topological polar surface area (TPSA) is 20.3 Å². The Morgan fingerprint density at radius 2 is 1.95 bits per heavy atom. The van der Waals surface area contributed by atoms with Crippen LogP contribution in [0.5, 0.6) is 0 Å². The highest BCUT2D eigenvalue weighted by atomic mass is 127. The highest BCUT2D eigenvalue weighted by Crippen LogP contribution is 2.31. The van der Waals surface area contributed by atoms with E-state index in [1.807, 2.05) is 47.4 Å². The second-order valence-corrected chi connectivity index (χ2v) is 6.56. The molecule has 0 aromatic heterocycles. The summed E-state index contributed by atoms with van der Waals surface area (Å²) in [5.41, 5.74) is 2.91. The Hall–Kier alpha value is -0.880. The maximum absolute atomic E-state index is 12.6. The first kappa shape index (κ1) is 13.1. The molecule has 0 atom stereocenters. The van der Waals surface area contributed by atoms with Gasteiger partial charge < -0.3 is 4.90 Å². The summed E-state index contributed by atoms with van der Waals surface area (Å²) >= 11 is 5.80. The fraction of sp³-hybridized carbons (Fsp3) is 0.133. The van der Waals surface area contributed by atoms with Gasteiger partial charge in [-0.1, -0.05) is 18.2 Å². The Morgan fingerprint density at radius 1 is 1.16 bits per heavy atom. The highest BCUT2D eigenvalue weighted by molar-refractivity contribution is 14.1. The van der Waals surface area contributed by atoms with Gasteiger partial charge in [-0.25, -0.2) is 0 Å². The van der Waals surface area contributed by atoms with Gasteiger partial charge >= 0.3 is 0 Å². The first-order valence-electron chi connectivity index (χ1n) is 6.01. The van der Waals surface area contributed by atoms with Crippen LogP contribution in [-0.4, -0.2) is 12.5 Å². The lowest BCUT2D eigenvalue weighted by Gasteiger charge is -2.29. The zero-order valence-electron chi connectivity index (χ0n) is 10.1. The predicted molar refractivity (Wildman–Crippen MR) is 88.7 cm³/mol. The molecule has 0 fully saturated rings. The van der Waals surface area contributed by atoms with E-state index in [-0.39, 0.29) is 5.91 Å². The van der Waals surface area contributed by atoms with E-state index < -0.39 is 0 Å². The lowest BCUT2D eigenvalue weighted by Crippen LogP contribution is -2.37. The van der Waals surface area contributed by atoms with Gasteiger partial charge in [0.05, 0.1) is 5.69 Å². The van der Waals surface area contributed by atoms with E-state index in [0.29, 0.717) is 0 Å². The minimum absolute atomic E-state index is 0.0875. The average molecular weight is 428 g/mol. The van der Waals surface area contributed by atoms with Gasteiger partial charge in [-0.05, 0) is 74.8 Å². The van der Waals surface area contributed by atoms with Gasteiger partial charge in [0.25, 0.3) is 5.91 Å². The minimum atomic E-state index is 0.0875. The molecule has 2 aromatic carbocycles. The highest BCUT2D eigenvalue weighted by Gasteiger charge is 2.26. The van der Waals surface area contributed by atoms with Crippen molar-refractivity contribution in [3.8, 4) is 0 Å². The van der Waals surface area contributed by atoms with Crippen molar-refractivity contribution in [1.82, 2.24) is 0 Å². The first-order valence-corrected chi connectivity index (χ1v) is 7.89. The maximum Gasteiger partial charge on any atom is 0.258 e. The molecular formula is C15H11BrINO. The fourth-order valence-electron chi connectivity index (χ4n) is 2.35. The number of hydrogen-bond acceptors (Lipinski definition) is 1. The largest absolute Gasteiger partial charge is 0.307 e. The summed E-state index contributed by atoms with van der Waals surface area (Å²) in [6.45, 7) is 0.731. The standard InChI is InChI=1S/C15H11BrINO/c16-13-6-5-11(17)9-14(13)18-8-7-10-3-1-2-4-12(10)15(18)19/h1-6,9H,7-8H2. The summed E-state index contributed by atoms with van der Waals surface area (Å²) in [6.07, 6.45) is 0.903. The number of anilines is 1. The molecule has 4 heteroatoms. The van der Waals surface area contributed by atoms with Crippen LogP contribution in [0.3, 0.4) is 0 Å². The molecule has 0 saturated heterocycles. The molecular weight excluding hydrogens is 417 g/mol. The molecule has 0 radical (unpaired) electrons. The summed E-state index contributed by atoms with van der Waals surface area (Å²) in [5, 5.41) is 0. The van der Waals surface area contributed by atoms with Crippen LogP contribution in [0.2, 0.25) is 0 Å². The molecule has 19 heavy (non-hydrogen) atoms. The van der Waals surface area contributed by atoms with Gasteiger partial charge in [-0.15, -0.1) is 0 Å². The molecule has 0 spiro atoms. The molecule has 1 aliphatic rings. The number of amides is 1. The first-order chi connectivity index (χ1) is 9.16. The van der Waals surface area contributed by atoms with E-state index in [9.17, 15) is 4.79 Å². The molecule has 2 nitrogen and oxygen atoms in total. The number of benzene rings is 2. The SMILES string of the molecule is O=C1c2ccccc2CCN1c1cc(I)ccc1Br. The van der Waals surface area contributed by atoms with Crippen LogP contribution in [0.15, 0.2) is 46.9 Å². The minimum Gasteiger partial charge on any atom is -0.307 e. The van der Waals surface area contributed by atoms with E-state index in [0.717, 1.165) is 37.8 Å². The molecule has 3 rings (SSSR count). The third-order valence-corrected chi connectivity index (χ3v) is 4.64. The fourth-order valence-corrected chi connectivity index (χ4v) is 3.28. The van der Waals surface area contributed by atoms with Crippen LogP contribution in [0, 0.1) is 3.57 Å². The normalized spacial score (nSPS) is 14.4. The van der Waals surface area contributed by atoms with E-state index in [2.05, 4.69) is 38.5 Å². The van der Waals surface area contributed by atoms with Crippen LogP contribution in [0.1, 0.15) is 15.9 Å². The van der Waals surface area contributed by atoms with Crippen LogP contribution in [0.4, 0.5) is 5.69 Å². The summed E-state index contributed by atoms with van der Waals surface area (Å²) < 4.78 is 2.09. The Labute approximate surface area is 134 Å². The number of carbonyl (C=O) groups excluding carboxylic acids is 1.